The maximum absolute atomic E-state index is 9.75. The van der Waals surface area contributed by atoms with Gasteiger partial charge < -0.3 is 17.3 Å². The standard InChI is InChI=1S/C44H32P2.C14H17N3.BF4.ClH.Ru/c1-5-19-35(20-6-1)45(36-21-7-2-8-22-36)41-31-29-33-17-13-15-27-39(33)43(41)44-40-28-16-14-18-34(40)30-32-42(44)46(37-23-9-3-10-24-37)38-25-11-4-12-26-38;1-2-17(11-13-7-3-5-9-15-13)12-14-8-4-6-10-16-14;2-1(3,4)5;;/h1-32H;3-10H,2,11-12H2,1H3;;1H;/q;;-1;;+2/p-1. The van der Waals surface area contributed by atoms with E-state index in [4.69, 9.17) is 0 Å². The second kappa shape index (κ2) is 26.3. The van der Waals surface area contributed by atoms with Gasteiger partial charge in [0.1, 0.15) is 0 Å². The summed E-state index contributed by atoms with van der Waals surface area (Å²) in [6, 6.07) is 83.9. The molecule has 0 N–H and O–H groups in total. The van der Waals surface area contributed by atoms with E-state index in [-0.39, 0.29) is 0 Å². The zero-order valence-corrected chi connectivity index (χ0v) is 42.6. The van der Waals surface area contributed by atoms with Crippen LogP contribution in [0.2, 0.25) is 0 Å². The van der Waals surface area contributed by atoms with Crippen LogP contribution in [0.25, 0.3) is 32.7 Å². The summed E-state index contributed by atoms with van der Waals surface area (Å²) in [5.74, 6) is 0. The molecule has 10 rings (SSSR count). The third-order valence-corrected chi connectivity index (χ3v) is 16.2. The number of halogens is 5. The second-order valence-corrected chi connectivity index (χ2v) is 20.2. The number of aromatic nitrogens is 2. The summed E-state index contributed by atoms with van der Waals surface area (Å²) < 4.78 is 39.0. The Labute approximate surface area is 425 Å². The van der Waals surface area contributed by atoms with Crippen molar-refractivity contribution in [3.05, 3.63) is 254 Å². The van der Waals surface area contributed by atoms with Crippen LogP contribution >= 0.6 is 25.5 Å². The first-order valence-electron chi connectivity index (χ1n) is 22.6. The molecule has 0 aliphatic heterocycles. The molecule has 3 nitrogen and oxygen atoms in total. The van der Waals surface area contributed by atoms with Gasteiger partial charge in [0, 0.05) is 25.5 Å². The Kier molecular flexibility index (Phi) is 19.5. The van der Waals surface area contributed by atoms with Crippen LogP contribution in [0, 0.1) is 0 Å². The van der Waals surface area contributed by atoms with Crippen LogP contribution in [0.1, 0.15) is 18.3 Å². The van der Waals surface area contributed by atoms with Crippen LogP contribution in [-0.2, 0) is 30.4 Å². The molecule has 0 fully saturated rings. The molecule has 12 heteroatoms. The molecular formula is C58H49BClF4N3P2Ru. The molecular weight excluding hydrogens is 1020 g/mol. The molecule has 2 heterocycles. The van der Waals surface area contributed by atoms with E-state index < -0.39 is 23.1 Å². The number of fused-ring (bicyclic) bond motifs is 2. The molecule has 0 spiro atoms. The van der Waals surface area contributed by atoms with E-state index >= 15 is 0 Å². The van der Waals surface area contributed by atoms with Crippen LogP contribution in [-0.4, -0.2) is 28.7 Å². The molecule has 0 amide bonds. The molecule has 10 aromatic rings. The van der Waals surface area contributed by atoms with Gasteiger partial charge in [-0.05, 0) is 111 Å². The third kappa shape index (κ3) is 14.1. The number of pyridine rings is 2. The van der Waals surface area contributed by atoms with Gasteiger partial charge in [0.15, 0.2) is 0 Å². The molecule has 0 saturated heterocycles. The largest absolute Gasteiger partial charge is 0.0622 e. The summed E-state index contributed by atoms with van der Waals surface area (Å²) in [5.41, 5.74) is 4.90. The van der Waals surface area contributed by atoms with Gasteiger partial charge in [0.2, 0.25) is 0 Å². The van der Waals surface area contributed by atoms with Crippen LogP contribution in [0.15, 0.2) is 243 Å². The second-order valence-electron chi connectivity index (χ2n) is 15.8. The van der Waals surface area contributed by atoms with Crippen molar-refractivity contribution in [3.8, 4) is 11.1 Å². The van der Waals surface area contributed by atoms with E-state index in [1.54, 1.807) is 0 Å². The summed E-state index contributed by atoms with van der Waals surface area (Å²) in [6.45, 7) is 4.89. The Bertz CT molecular complexity index is 2840. The molecule has 0 aliphatic rings. The molecule has 0 atom stereocenters. The number of hydrogen-bond donors (Lipinski definition) is 0. The van der Waals surface area contributed by atoms with Crippen LogP contribution in [0.3, 0.4) is 0 Å². The molecule has 352 valence electrons. The zero-order chi connectivity index (χ0) is 49.1. The number of hydrogen-bond acceptors (Lipinski definition) is 3. The smallest absolute Gasteiger partial charge is 0.000884 e. The van der Waals surface area contributed by atoms with Gasteiger partial charge in [0.05, 0.1) is 11.4 Å². The molecule has 0 radical (unpaired) electrons. The van der Waals surface area contributed by atoms with Gasteiger partial charge in [-0.1, -0.05) is 213 Å². The Morgan fingerprint density at radius 1 is 0.414 bits per heavy atom. The normalized spacial score (nSPS) is 11.1. The van der Waals surface area contributed by atoms with Crippen molar-refractivity contribution < 1.29 is 34.6 Å². The van der Waals surface area contributed by atoms with Crippen molar-refractivity contribution in [3.63, 3.8) is 0 Å². The van der Waals surface area contributed by atoms with Gasteiger partial charge >= 0.3 is 34.3 Å². The summed E-state index contributed by atoms with van der Waals surface area (Å²) >= 11 is 1.82. The maximum atomic E-state index is 9.75. The fourth-order valence-corrected chi connectivity index (χ4v) is 13.3. The van der Waals surface area contributed by atoms with Crippen molar-refractivity contribution in [2.45, 2.75) is 20.0 Å². The van der Waals surface area contributed by atoms with Gasteiger partial charge in [-0.3, -0.25) is 14.9 Å². The predicted molar refractivity (Wildman–Crippen MR) is 289 cm³/mol. The molecule has 0 bridgehead atoms. The van der Waals surface area contributed by atoms with Crippen molar-refractivity contribution in [1.29, 1.82) is 0 Å². The first-order chi connectivity index (χ1) is 34.2. The molecule has 8 aromatic carbocycles. The fraction of sp³-hybridized carbons (Fsp3) is 0.0690. The van der Waals surface area contributed by atoms with E-state index in [1.165, 1.54) is 64.5 Å². The van der Waals surface area contributed by atoms with E-state index in [2.05, 4.69) is 238 Å². The minimum atomic E-state index is -6.00. The van der Waals surface area contributed by atoms with Crippen molar-refractivity contribution in [1.82, 2.24) is 14.9 Å². The Morgan fingerprint density at radius 3 is 1.01 bits per heavy atom. The van der Waals surface area contributed by atoms with Crippen molar-refractivity contribution in [2.24, 2.45) is 0 Å². The topological polar surface area (TPSA) is 29.0 Å². The van der Waals surface area contributed by atoms with Crippen molar-refractivity contribution >= 4 is 86.2 Å². The van der Waals surface area contributed by atoms with E-state index in [0.717, 1.165) is 31.0 Å². The average molecular weight is 1070 g/mol. The summed E-state index contributed by atoms with van der Waals surface area (Å²) in [6.07, 6.45) is 3.67. The van der Waals surface area contributed by atoms with Crippen LogP contribution in [0.5, 0.6) is 0 Å². The Hall–Kier alpha value is -5.90. The Morgan fingerprint density at radius 2 is 0.714 bits per heavy atom. The van der Waals surface area contributed by atoms with Gasteiger partial charge in [0.25, 0.3) is 0 Å². The first kappa shape index (κ1) is 51.9. The average Bonchev–Trinajstić information content (AvgIpc) is 3.41. The quantitative estimate of drug-likeness (QED) is 0.0694. The van der Waals surface area contributed by atoms with Crippen LogP contribution in [0.4, 0.5) is 17.3 Å². The van der Waals surface area contributed by atoms with Crippen molar-refractivity contribution in [2.75, 3.05) is 6.54 Å². The number of nitrogens with zero attached hydrogens (tertiary/aromatic N) is 3. The van der Waals surface area contributed by atoms with Crippen LogP contribution < -0.4 is 31.8 Å². The SMILES string of the molecule is CCN(Cc1ccccn1)Cc1ccccn1.F[B-](F)(F)F.[Cl][Ru+].c1ccc(P(c2ccccc2)c2ccc3ccccc3c2-c2c(P(c3ccccc3)c3ccccc3)ccc3ccccc23)cc1. The van der Waals surface area contributed by atoms with Gasteiger partial charge in [-0.2, -0.15) is 0 Å². The van der Waals surface area contributed by atoms with E-state index in [0.29, 0.717) is 0 Å². The zero-order valence-electron chi connectivity index (χ0n) is 38.3. The third-order valence-electron chi connectivity index (χ3n) is 11.3. The molecule has 0 aliphatic carbocycles. The first-order valence-corrected chi connectivity index (χ1v) is 27.5. The summed E-state index contributed by atoms with van der Waals surface area (Å²) in [4.78, 5) is 11.0. The molecule has 70 heavy (non-hydrogen) atoms. The minimum absolute atomic E-state index is 0.852. The maximum Gasteiger partial charge on any atom is -0.000884 e. The summed E-state index contributed by atoms with van der Waals surface area (Å²) in [5, 5.41) is 13.3. The van der Waals surface area contributed by atoms with E-state index in [1.807, 2.05) is 54.0 Å². The minimum Gasteiger partial charge on any atom is -0.0622 e. The van der Waals surface area contributed by atoms with E-state index in [9.17, 15) is 17.3 Å². The molecule has 0 saturated carbocycles. The monoisotopic (exact) mass is 1070 g/mol. The van der Waals surface area contributed by atoms with Gasteiger partial charge in [-0.15, -0.1) is 0 Å². The fourth-order valence-electron chi connectivity index (χ4n) is 8.30. The summed E-state index contributed by atoms with van der Waals surface area (Å²) in [7, 11) is -3.14. The Balaban J connectivity index is 0.000000249. The van der Waals surface area contributed by atoms with Gasteiger partial charge in [-0.25, -0.2) is 0 Å². The number of rotatable bonds is 12. The number of benzene rings is 8. The molecule has 0 unspecified atom stereocenters. The predicted octanol–water partition coefficient (Wildman–Crippen LogP) is 13.7. The molecule has 2 aromatic heterocycles.